The lowest BCUT2D eigenvalue weighted by atomic mass is 10.1. The zero-order valence-corrected chi connectivity index (χ0v) is 17.2. The predicted octanol–water partition coefficient (Wildman–Crippen LogP) is 4.01. The van der Waals surface area contributed by atoms with E-state index in [2.05, 4.69) is 33.8 Å². The van der Waals surface area contributed by atoms with Gasteiger partial charge in [-0.1, -0.05) is 36.3 Å². The molecule has 0 aromatic heterocycles. The fraction of sp³-hybridized carbons (Fsp3) is 0.238. The summed E-state index contributed by atoms with van der Waals surface area (Å²) in [4.78, 5) is 27.1. The molecule has 0 aliphatic rings. The molecule has 1 atom stereocenters. The highest BCUT2D eigenvalue weighted by Gasteiger charge is 2.27. The fourth-order valence-corrected chi connectivity index (χ4v) is 3.27. The number of nitrogens with zero attached hydrogens (tertiary/aromatic N) is 1. The third kappa shape index (κ3) is 4.44. The molecular weight excluding hydrogens is 439 g/mol. The molecule has 0 heterocycles. The minimum atomic E-state index is -0.700. The first-order chi connectivity index (χ1) is 12.4. The summed E-state index contributed by atoms with van der Waals surface area (Å²) < 4.78 is 0.819. The second-order valence-corrected chi connectivity index (χ2v) is 7.21. The third-order valence-electron chi connectivity index (χ3n) is 4.20. The zero-order valence-electron chi connectivity index (χ0n) is 15.0. The molecule has 2 rings (SSSR count). The highest BCUT2D eigenvalue weighted by atomic mass is 127. The second-order valence-electron chi connectivity index (χ2n) is 6.05. The summed E-state index contributed by atoms with van der Waals surface area (Å²) in [6, 6.07) is 12.4. The van der Waals surface area contributed by atoms with Gasteiger partial charge in [0.15, 0.2) is 0 Å². The first kappa shape index (κ1) is 20.0. The van der Waals surface area contributed by atoms with E-state index in [1.54, 1.807) is 19.1 Å². The van der Waals surface area contributed by atoms with E-state index in [-0.39, 0.29) is 18.4 Å². The predicted molar refractivity (Wildman–Crippen MR) is 113 cm³/mol. The van der Waals surface area contributed by atoms with Crippen molar-refractivity contribution in [3.63, 3.8) is 0 Å². The van der Waals surface area contributed by atoms with Crippen LogP contribution in [-0.4, -0.2) is 29.3 Å². The van der Waals surface area contributed by atoms with Gasteiger partial charge in [0.05, 0.1) is 12.1 Å². The number of rotatable bonds is 5. The molecular formula is C21H21IN2O2. The van der Waals surface area contributed by atoms with Gasteiger partial charge in [0.2, 0.25) is 5.91 Å². The standard InChI is InChI=1S/C21H21IN2O2/c1-5-13-24(21(26)17-11-6-7-12-18(17)22)16(4)20(25)23-19-14(2)9-8-10-15(19)3/h1,6-12,16H,13H2,2-4H3,(H,23,25). The van der Waals surface area contributed by atoms with Gasteiger partial charge >= 0.3 is 0 Å². The number of carbonyl (C=O) groups is 2. The maximum absolute atomic E-state index is 12.9. The average molecular weight is 460 g/mol. The number of carbonyl (C=O) groups excluding carboxylic acids is 2. The van der Waals surface area contributed by atoms with Crippen molar-refractivity contribution in [3.05, 3.63) is 62.7 Å². The van der Waals surface area contributed by atoms with Crippen molar-refractivity contribution in [1.29, 1.82) is 0 Å². The molecule has 0 spiro atoms. The van der Waals surface area contributed by atoms with E-state index < -0.39 is 6.04 Å². The van der Waals surface area contributed by atoms with Gasteiger partial charge in [0.1, 0.15) is 6.04 Å². The second kappa shape index (κ2) is 8.86. The number of aryl methyl sites for hydroxylation is 2. The van der Waals surface area contributed by atoms with E-state index in [1.807, 2.05) is 44.2 Å². The number of anilines is 1. The summed E-state index contributed by atoms with van der Waals surface area (Å²) >= 11 is 2.11. The van der Waals surface area contributed by atoms with Crippen molar-refractivity contribution in [2.24, 2.45) is 0 Å². The Bertz CT molecular complexity index is 850. The summed E-state index contributed by atoms with van der Waals surface area (Å²) in [6.45, 7) is 5.62. The molecule has 0 bridgehead atoms. The molecule has 0 saturated heterocycles. The normalized spacial score (nSPS) is 11.3. The van der Waals surface area contributed by atoms with Crippen LogP contribution < -0.4 is 5.32 Å². The van der Waals surface area contributed by atoms with Crippen molar-refractivity contribution in [3.8, 4) is 12.3 Å². The monoisotopic (exact) mass is 460 g/mol. The van der Waals surface area contributed by atoms with E-state index in [1.165, 1.54) is 4.90 Å². The van der Waals surface area contributed by atoms with Crippen molar-refractivity contribution in [1.82, 2.24) is 4.90 Å². The molecule has 1 unspecified atom stereocenters. The first-order valence-corrected chi connectivity index (χ1v) is 9.30. The third-order valence-corrected chi connectivity index (χ3v) is 5.14. The topological polar surface area (TPSA) is 49.4 Å². The molecule has 26 heavy (non-hydrogen) atoms. The number of para-hydroxylation sites is 1. The van der Waals surface area contributed by atoms with Gasteiger partial charge in [-0.3, -0.25) is 9.59 Å². The Morgan fingerprint density at radius 1 is 1.15 bits per heavy atom. The molecule has 0 radical (unpaired) electrons. The molecule has 0 fully saturated rings. The van der Waals surface area contributed by atoms with E-state index >= 15 is 0 Å². The number of terminal acetylenes is 1. The molecule has 0 saturated carbocycles. The van der Waals surface area contributed by atoms with Crippen LogP contribution in [0.4, 0.5) is 5.69 Å². The quantitative estimate of drug-likeness (QED) is 0.542. The van der Waals surface area contributed by atoms with Crippen LogP contribution in [0.3, 0.4) is 0 Å². The Hall–Kier alpha value is -2.33. The Morgan fingerprint density at radius 3 is 2.35 bits per heavy atom. The van der Waals surface area contributed by atoms with E-state index in [4.69, 9.17) is 6.42 Å². The summed E-state index contributed by atoms with van der Waals surface area (Å²) in [6.07, 6.45) is 5.44. The number of amides is 2. The molecule has 2 aromatic carbocycles. The van der Waals surface area contributed by atoms with Crippen molar-refractivity contribution in [2.45, 2.75) is 26.8 Å². The van der Waals surface area contributed by atoms with Gasteiger partial charge in [0, 0.05) is 9.26 Å². The van der Waals surface area contributed by atoms with Gasteiger partial charge in [-0.15, -0.1) is 6.42 Å². The van der Waals surface area contributed by atoms with Crippen LogP contribution in [-0.2, 0) is 4.79 Å². The van der Waals surface area contributed by atoms with Crippen LogP contribution in [0.5, 0.6) is 0 Å². The molecule has 0 aliphatic carbocycles. The SMILES string of the molecule is C#CCN(C(=O)c1ccccc1I)C(C)C(=O)Nc1c(C)cccc1C. The molecule has 134 valence electrons. The van der Waals surface area contributed by atoms with Gasteiger partial charge in [-0.05, 0) is 66.6 Å². The largest absolute Gasteiger partial charge is 0.324 e. The van der Waals surface area contributed by atoms with Crippen LogP contribution in [0.1, 0.15) is 28.4 Å². The number of hydrogen-bond donors (Lipinski definition) is 1. The molecule has 1 N–H and O–H groups in total. The smallest absolute Gasteiger partial charge is 0.256 e. The maximum Gasteiger partial charge on any atom is 0.256 e. The van der Waals surface area contributed by atoms with E-state index in [0.717, 1.165) is 20.4 Å². The van der Waals surface area contributed by atoms with Crippen molar-refractivity contribution in [2.75, 3.05) is 11.9 Å². The highest BCUT2D eigenvalue weighted by Crippen LogP contribution is 2.21. The van der Waals surface area contributed by atoms with Crippen LogP contribution in [0.15, 0.2) is 42.5 Å². The van der Waals surface area contributed by atoms with Crippen molar-refractivity contribution < 1.29 is 9.59 Å². The van der Waals surface area contributed by atoms with Crippen LogP contribution in [0.25, 0.3) is 0 Å². The van der Waals surface area contributed by atoms with Crippen LogP contribution in [0.2, 0.25) is 0 Å². The lowest BCUT2D eigenvalue weighted by Gasteiger charge is -2.27. The molecule has 5 heteroatoms. The number of hydrogen-bond acceptors (Lipinski definition) is 2. The first-order valence-electron chi connectivity index (χ1n) is 8.22. The average Bonchev–Trinajstić information content (AvgIpc) is 2.62. The summed E-state index contributed by atoms with van der Waals surface area (Å²) in [5.41, 5.74) is 3.25. The van der Waals surface area contributed by atoms with E-state index in [9.17, 15) is 9.59 Å². The Morgan fingerprint density at radius 2 is 1.77 bits per heavy atom. The van der Waals surface area contributed by atoms with Gasteiger partial charge in [0.25, 0.3) is 5.91 Å². The Kier molecular flexibility index (Phi) is 6.81. The number of benzene rings is 2. The lowest BCUT2D eigenvalue weighted by Crippen LogP contribution is -2.46. The number of halogens is 1. The Balaban J connectivity index is 2.26. The van der Waals surface area contributed by atoms with Crippen LogP contribution >= 0.6 is 22.6 Å². The van der Waals surface area contributed by atoms with Gasteiger partial charge in [-0.25, -0.2) is 0 Å². The molecule has 2 aromatic rings. The fourth-order valence-electron chi connectivity index (χ4n) is 2.65. The van der Waals surface area contributed by atoms with Gasteiger partial charge < -0.3 is 10.2 Å². The molecule has 0 aliphatic heterocycles. The minimum absolute atomic E-state index is 0.0607. The minimum Gasteiger partial charge on any atom is -0.324 e. The van der Waals surface area contributed by atoms with Crippen LogP contribution in [0, 0.1) is 29.8 Å². The maximum atomic E-state index is 12.9. The lowest BCUT2D eigenvalue weighted by molar-refractivity contribution is -0.119. The highest BCUT2D eigenvalue weighted by molar-refractivity contribution is 14.1. The number of nitrogens with one attached hydrogen (secondary N) is 1. The molecule has 4 nitrogen and oxygen atoms in total. The van der Waals surface area contributed by atoms with E-state index in [0.29, 0.717) is 5.56 Å². The van der Waals surface area contributed by atoms with Gasteiger partial charge in [-0.2, -0.15) is 0 Å². The summed E-state index contributed by atoms with van der Waals surface area (Å²) in [7, 11) is 0. The van der Waals surface area contributed by atoms with Crippen molar-refractivity contribution >= 4 is 40.1 Å². The summed E-state index contributed by atoms with van der Waals surface area (Å²) in [5, 5.41) is 2.93. The summed E-state index contributed by atoms with van der Waals surface area (Å²) in [5.74, 6) is 1.96. The molecule has 2 amide bonds. The zero-order chi connectivity index (χ0) is 19.3. The Labute approximate surface area is 168 Å².